The third-order valence-electron chi connectivity index (χ3n) is 11.2. The monoisotopic (exact) mass is 739 g/mol. The number of fused-ring (bicyclic) bond motifs is 4. The molecule has 2 aliphatic heterocycles. The Morgan fingerprint density at radius 3 is 2.21 bits per heavy atom. The fraction of sp³-hybridized carbons (Fsp3) is 0.250. The zero-order valence-electron chi connectivity index (χ0n) is 27.5. The van der Waals surface area contributed by atoms with Crippen LogP contribution in [0.1, 0.15) is 35.4 Å². The summed E-state index contributed by atoms with van der Waals surface area (Å²) in [5.41, 5.74) is 3.84. The van der Waals surface area contributed by atoms with Crippen LogP contribution < -0.4 is 5.43 Å². The van der Waals surface area contributed by atoms with Crippen molar-refractivity contribution in [1.82, 2.24) is 9.91 Å². The molecule has 3 fully saturated rings. The van der Waals surface area contributed by atoms with E-state index < -0.39 is 52.6 Å². The standard InChI is InChI=1S/C40H32Cl2FN3O6/c41-23-5-3-22(4-6-23)40-32(37(50)46(39(40)52)44-26-10-8-25(43)9-11-26)20-30-28(35(40)31-19-24(42)7-16-33(31)48)14-15-29-34(30)38(51)45(36(29)49)18-17-21-1-12-27(47)13-2-21/h1-14,16,19,29-30,32,34-35,44,47-48H,15,17-18,20H2. The van der Waals surface area contributed by atoms with E-state index in [0.717, 1.165) is 10.6 Å². The highest BCUT2D eigenvalue weighted by Crippen LogP contribution is 2.65. The molecule has 0 radical (unpaired) electrons. The van der Waals surface area contributed by atoms with E-state index in [1.54, 1.807) is 54.6 Å². The van der Waals surface area contributed by atoms with Crippen LogP contribution in [0.25, 0.3) is 0 Å². The maximum atomic E-state index is 15.2. The topological polar surface area (TPSA) is 127 Å². The minimum Gasteiger partial charge on any atom is -0.508 e. The van der Waals surface area contributed by atoms with Gasteiger partial charge in [-0.3, -0.25) is 29.5 Å². The van der Waals surface area contributed by atoms with Gasteiger partial charge in [0.2, 0.25) is 11.8 Å². The van der Waals surface area contributed by atoms with E-state index in [1.165, 1.54) is 41.3 Å². The van der Waals surface area contributed by atoms with Crippen molar-refractivity contribution >= 4 is 52.5 Å². The smallest absolute Gasteiger partial charge is 0.260 e. The van der Waals surface area contributed by atoms with Gasteiger partial charge in [0.15, 0.2) is 0 Å². The predicted octanol–water partition coefficient (Wildman–Crippen LogP) is 6.77. The van der Waals surface area contributed by atoms with Gasteiger partial charge in [-0.05, 0) is 103 Å². The lowest BCUT2D eigenvalue weighted by molar-refractivity contribution is -0.141. The molecule has 264 valence electrons. The van der Waals surface area contributed by atoms with Gasteiger partial charge in [0.05, 0.1) is 28.9 Å². The molecule has 6 unspecified atom stereocenters. The summed E-state index contributed by atoms with van der Waals surface area (Å²) in [7, 11) is 0. The van der Waals surface area contributed by atoms with Crippen LogP contribution in [0.2, 0.25) is 10.0 Å². The van der Waals surface area contributed by atoms with Gasteiger partial charge in [-0.2, -0.15) is 5.01 Å². The van der Waals surface area contributed by atoms with Gasteiger partial charge >= 0.3 is 0 Å². The summed E-state index contributed by atoms with van der Waals surface area (Å²) in [6.07, 6.45) is 2.56. The van der Waals surface area contributed by atoms with Crippen molar-refractivity contribution in [3.8, 4) is 11.5 Å². The van der Waals surface area contributed by atoms with Crippen molar-refractivity contribution in [2.75, 3.05) is 12.0 Å². The number of rotatable bonds is 7. The second-order valence-corrected chi connectivity index (χ2v) is 14.7. The largest absolute Gasteiger partial charge is 0.508 e. The van der Waals surface area contributed by atoms with Crippen LogP contribution in [0, 0.1) is 29.5 Å². The maximum Gasteiger partial charge on any atom is 0.260 e. The number of phenolic OH excluding ortho intramolecular Hbond substituents is 2. The van der Waals surface area contributed by atoms with Gasteiger partial charge in [-0.25, -0.2) is 4.39 Å². The minimum absolute atomic E-state index is 0.0600. The van der Waals surface area contributed by atoms with Crippen LogP contribution in [0.5, 0.6) is 11.5 Å². The quantitative estimate of drug-likeness (QED) is 0.141. The Kier molecular flexibility index (Phi) is 8.34. The van der Waals surface area contributed by atoms with Gasteiger partial charge in [-0.15, -0.1) is 0 Å². The lowest BCUT2D eigenvalue weighted by Gasteiger charge is -2.50. The molecule has 2 saturated heterocycles. The average Bonchev–Trinajstić information content (AvgIpc) is 3.50. The summed E-state index contributed by atoms with van der Waals surface area (Å²) >= 11 is 12.9. The van der Waals surface area contributed by atoms with Crippen molar-refractivity contribution in [2.24, 2.45) is 23.7 Å². The Labute approximate surface area is 308 Å². The van der Waals surface area contributed by atoms with Crippen LogP contribution >= 0.6 is 23.2 Å². The molecule has 4 amide bonds. The van der Waals surface area contributed by atoms with E-state index >= 15 is 4.79 Å². The first-order valence-electron chi connectivity index (χ1n) is 17.0. The zero-order chi connectivity index (χ0) is 36.5. The number of hydrazine groups is 1. The van der Waals surface area contributed by atoms with Crippen molar-refractivity contribution < 1.29 is 33.8 Å². The fourth-order valence-corrected chi connectivity index (χ4v) is 9.25. The highest BCUT2D eigenvalue weighted by molar-refractivity contribution is 6.31. The number of carbonyl (C=O) groups excluding carboxylic acids is 4. The van der Waals surface area contributed by atoms with Crippen molar-refractivity contribution in [3.05, 3.63) is 135 Å². The van der Waals surface area contributed by atoms with Gasteiger partial charge in [0.25, 0.3) is 11.8 Å². The Morgan fingerprint density at radius 1 is 0.808 bits per heavy atom. The molecule has 9 nitrogen and oxygen atoms in total. The van der Waals surface area contributed by atoms with Crippen molar-refractivity contribution in [2.45, 2.75) is 30.6 Å². The van der Waals surface area contributed by atoms with E-state index in [2.05, 4.69) is 5.43 Å². The number of allylic oxidation sites excluding steroid dienone is 2. The van der Waals surface area contributed by atoms with E-state index in [1.807, 2.05) is 6.08 Å². The molecule has 2 aliphatic carbocycles. The summed E-state index contributed by atoms with van der Waals surface area (Å²) in [4.78, 5) is 59.4. The zero-order valence-corrected chi connectivity index (χ0v) is 29.0. The summed E-state index contributed by atoms with van der Waals surface area (Å²) in [6, 6.07) is 23.0. The van der Waals surface area contributed by atoms with Crippen LogP contribution in [-0.4, -0.2) is 50.3 Å². The Balaban J connectivity index is 1.26. The number of phenols is 2. The first-order valence-corrected chi connectivity index (χ1v) is 17.7. The Morgan fingerprint density at radius 2 is 1.50 bits per heavy atom. The predicted molar refractivity (Wildman–Crippen MR) is 191 cm³/mol. The lowest BCUT2D eigenvalue weighted by Crippen LogP contribution is -2.53. The molecule has 0 aromatic heterocycles. The van der Waals surface area contributed by atoms with E-state index in [4.69, 9.17) is 23.2 Å². The summed E-state index contributed by atoms with van der Waals surface area (Å²) in [5, 5.41) is 22.8. The number of halogens is 3. The Hall–Kier alpha value is -5.19. The average molecular weight is 741 g/mol. The highest BCUT2D eigenvalue weighted by Gasteiger charge is 2.70. The third-order valence-corrected chi connectivity index (χ3v) is 11.7. The SMILES string of the molecule is O=C1C2CC=C3C(CC4C(=O)N(Nc5ccc(F)cc5)C(=O)C4(c4ccc(Cl)cc4)C3c3cc(Cl)ccc3O)C2C(=O)N1CCc1ccc(O)cc1. The number of hydrogen-bond acceptors (Lipinski definition) is 7. The molecule has 52 heavy (non-hydrogen) atoms. The van der Waals surface area contributed by atoms with Crippen LogP contribution in [-0.2, 0) is 31.0 Å². The first kappa shape index (κ1) is 33.9. The van der Waals surface area contributed by atoms with Gasteiger partial charge in [0.1, 0.15) is 17.3 Å². The van der Waals surface area contributed by atoms with E-state index in [9.17, 15) is 29.0 Å². The van der Waals surface area contributed by atoms with Crippen molar-refractivity contribution in [3.63, 3.8) is 0 Å². The molecular formula is C40H32Cl2FN3O6. The molecule has 0 bridgehead atoms. The number of amides is 4. The van der Waals surface area contributed by atoms with Crippen molar-refractivity contribution in [1.29, 1.82) is 0 Å². The van der Waals surface area contributed by atoms with E-state index in [-0.39, 0.29) is 47.7 Å². The molecule has 1 saturated carbocycles. The van der Waals surface area contributed by atoms with Gasteiger partial charge < -0.3 is 10.2 Å². The van der Waals surface area contributed by atoms with Gasteiger partial charge in [0, 0.05) is 28.1 Å². The molecule has 4 aromatic carbocycles. The lowest BCUT2D eigenvalue weighted by atomic mass is 9.49. The second kappa shape index (κ2) is 12.8. The summed E-state index contributed by atoms with van der Waals surface area (Å²) in [6.45, 7) is 0.140. The van der Waals surface area contributed by atoms with Crippen LogP contribution in [0.15, 0.2) is 103 Å². The number of likely N-dealkylation sites (tertiary alicyclic amines) is 1. The normalized spacial score (nSPS) is 26.6. The number of benzene rings is 4. The number of nitrogens with zero attached hydrogens (tertiary/aromatic N) is 2. The number of aromatic hydroxyl groups is 2. The first-order chi connectivity index (χ1) is 25.0. The molecule has 4 aliphatic rings. The molecule has 2 heterocycles. The number of hydrogen-bond donors (Lipinski definition) is 3. The number of anilines is 1. The minimum atomic E-state index is -1.64. The molecular weight excluding hydrogens is 708 g/mol. The van der Waals surface area contributed by atoms with E-state index in [0.29, 0.717) is 33.8 Å². The molecule has 3 N–H and O–H groups in total. The molecule has 12 heteroatoms. The van der Waals surface area contributed by atoms with Crippen LogP contribution in [0.4, 0.5) is 10.1 Å². The number of carbonyl (C=O) groups is 4. The molecule has 8 rings (SSSR count). The molecule has 0 spiro atoms. The number of nitrogens with one attached hydrogen (secondary N) is 1. The van der Waals surface area contributed by atoms with Gasteiger partial charge in [-0.1, -0.05) is 59.1 Å². The maximum absolute atomic E-state index is 15.2. The summed E-state index contributed by atoms with van der Waals surface area (Å²) < 4.78 is 13.8. The fourth-order valence-electron chi connectivity index (χ4n) is 8.95. The highest BCUT2D eigenvalue weighted by atomic mass is 35.5. The number of imide groups is 2. The van der Waals surface area contributed by atoms with Crippen LogP contribution in [0.3, 0.4) is 0 Å². The molecule has 6 atom stereocenters. The summed E-state index contributed by atoms with van der Waals surface area (Å²) in [5.74, 6) is -6.52. The molecule has 4 aromatic rings. The Bertz CT molecular complexity index is 2160. The third kappa shape index (κ3) is 5.26. The second-order valence-electron chi connectivity index (χ2n) is 13.8.